The minimum atomic E-state index is -0.454. The Hall–Kier alpha value is -3.78. The molecule has 1 amide bonds. The first-order valence-electron chi connectivity index (χ1n) is 11.2. The summed E-state index contributed by atoms with van der Waals surface area (Å²) in [7, 11) is 1.51. The highest BCUT2D eigenvalue weighted by Gasteiger charge is 2.38. The van der Waals surface area contributed by atoms with Crippen molar-refractivity contribution >= 4 is 34.6 Å². The zero-order chi connectivity index (χ0) is 24.7. The Kier molecular flexibility index (Phi) is 5.98. The Morgan fingerprint density at radius 1 is 1.17 bits per heavy atom. The Morgan fingerprint density at radius 2 is 1.97 bits per heavy atom. The molecule has 35 heavy (non-hydrogen) atoms. The number of rotatable bonds is 6. The largest absolute Gasteiger partial charge is 0.493 e. The van der Waals surface area contributed by atoms with Gasteiger partial charge >= 0.3 is 0 Å². The van der Waals surface area contributed by atoms with E-state index in [4.69, 9.17) is 21.1 Å². The number of fused-ring (bicyclic) bond motifs is 4. The number of carbonyl (C=O) groups excluding carboxylic acids is 1. The van der Waals surface area contributed by atoms with Crippen LogP contribution in [0.4, 0.5) is 17.1 Å². The van der Waals surface area contributed by atoms with Crippen molar-refractivity contribution in [3.63, 3.8) is 0 Å². The van der Waals surface area contributed by atoms with Gasteiger partial charge in [-0.1, -0.05) is 18.2 Å². The molecule has 0 aliphatic carbocycles. The number of hydrogen-bond donors (Lipinski definition) is 1. The fourth-order valence-electron chi connectivity index (χ4n) is 4.82. The Morgan fingerprint density at radius 3 is 2.71 bits per heavy atom. The number of amides is 1. The van der Waals surface area contributed by atoms with Crippen molar-refractivity contribution in [2.75, 3.05) is 23.9 Å². The third kappa shape index (κ3) is 4.14. The fraction of sp³-hybridized carbons (Fsp3) is 0.269. The minimum Gasteiger partial charge on any atom is -0.493 e. The normalized spacial score (nSPS) is 16.0. The molecule has 0 saturated carbocycles. The fourth-order valence-corrected chi connectivity index (χ4v) is 4.98. The van der Waals surface area contributed by atoms with Crippen LogP contribution in [0.5, 0.6) is 11.5 Å². The van der Waals surface area contributed by atoms with Crippen molar-refractivity contribution in [2.24, 2.45) is 0 Å². The lowest BCUT2D eigenvalue weighted by molar-refractivity contribution is -0.385. The lowest BCUT2D eigenvalue weighted by Gasteiger charge is -2.23. The minimum absolute atomic E-state index is 0.0141. The van der Waals surface area contributed by atoms with E-state index in [-0.39, 0.29) is 30.1 Å². The van der Waals surface area contributed by atoms with Gasteiger partial charge in [0.25, 0.3) is 11.6 Å². The first-order valence-corrected chi connectivity index (χ1v) is 11.8. The summed E-state index contributed by atoms with van der Waals surface area (Å²) in [6, 6.07) is 14.2. The second-order valence-corrected chi connectivity index (χ2v) is 8.99. The molecule has 180 valence electrons. The van der Waals surface area contributed by atoms with Gasteiger partial charge in [-0.3, -0.25) is 14.9 Å². The predicted molar refractivity (Wildman–Crippen MR) is 134 cm³/mol. The Bertz CT molecular complexity index is 1340. The van der Waals surface area contributed by atoms with E-state index in [0.29, 0.717) is 40.4 Å². The number of carbonyl (C=O) groups is 1. The first kappa shape index (κ1) is 23.0. The van der Waals surface area contributed by atoms with Gasteiger partial charge < -0.3 is 19.7 Å². The molecule has 1 atom stereocenters. The highest BCUT2D eigenvalue weighted by Crippen LogP contribution is 2.41. The highest BCUT2D eigenvalue weighted by molar-refractivity contribution is 6.17. The lowest BCUT2D eigenvalue weighted by atomic mass is 10.0. The maximum atomic E-state index is 13.6. The zero-order valence-corrected chi connectivity index (χ0v) is 20.1. The van der Waals surface area contributed by atoms with E-state index in [2.05, 4.69) is 18.3 Å². The molecule has 2 heterocycles. The topological polar surface area (TPSA) is 93.9 Å². The summed E-state index contributed by atoms with van der Waals surface area (Å²) in [5.74, 6) is 0.908. The average molecular weight is 494 g/mol. The molecule has 1 N–H and O–H groups in total. The number of non-ortho nitro benzene ring substituents is 1. The van der Waals surface area contributed by atoms with Crippen LogP contribution < -0.4 is 19.7 Å². The molecule has 0 fully saturated rings. The number of alkyl halides is 1. The Labute approximate surface area is 207 Å². The second kappa shape index (κ2) is 9.11. The summed E-state index contributed by atoms with van der Waals surface area (Å²) in [6.07, 6.45) is 0.797. The van der Waals surface area contributed by atoms with Gasteiger partial charge in [0.15, 0.2) is 11.5 Å². The number of nitrogens with zero attached hydrogens (tertiary/aromatic N) is 2. The van der Waals surface area contributed by atoms with Crippen LogP contribution in [0.2, 0.25) is 0 Å². The van der Waals surface area contributed by atoms with E-state index in [0.717, 1.165) is 12.1 Å². The van der Waals surface area contributed by atoms with Crippen molar-refractivity contribution in [1.29, 1.82) is 0 Å². The van der Waals surface area contributed by atoms with E-state index >= 15 is 0 Å². The summed E-state index contributed by atoms with van der Waals surface area (Å²) in [5.41, 5.74) is 5.72. The molecule has 1 unspecified atom stereocenters. The molecular weight excluding hydrogens is 470 g/mol. The second-order valence-electron chi connectivity index (χ2n) is 8.72. The number of nitro groups is 1. The predicted octanol–water partition coefficient (Wildman–Crippen LogP) is 5.23. The SMILES string of the molecule is COc1cc2c(cc1OCc1cc(CCl)cc([N+](=O)[O-])c1)NCC1Cc3c(C)cccc3N1C2=O. The van der Waals surface area contributed by atoms with Gasteiger partial charge in [0.05, 0.1) is 29.3 Å². The third-order valence-corrected chi connectivity index (χ3v) is 6.84. The molecule has 0 aromatic heterocycles. The molecule has 0 bridgehead atoms. The number of aryl methyl sites for hydroxylation is 1. The monoisotopic (exact) mass is 493 g/mol. The number of ether oxygens (including phenoxy) is 2. The van der Waals surface area contributed by atoms with Crippen LogP contribution in [0.1, 0.15) is 32.6 Å². The number of anilines is 2. The maximum Gasteiger partial charge on any atom is 0.270 e. The van der Waals surface area contributed by atoms with Crippen molar-refractivity contribution in [2.45, 2.75) is 31.9 Å². The molecule has 2 aliphatic heterocycles. The standard InChI is InChI=1S/C26H24ClN3O5/c1-15-4-3-5-23-20(15)9-19-13-28-22-11-25(24(34-2)10-21(22)26(31)29(19)23)35-14-17-6-16(12-27)7-18(8-17)30(32)33/h3-8,10-11,19,28H,9,12-14H2,1-2H3. The summed E-state index contributed by atoms with van der Waals surface area (Å²) in [4.78, 5) is 26.3. The molecular formula is C26H24ClN3O5. The van der Waals surface area contributed by atoms with Crippen LogP contribution in [-0.4, -0.2) is 30.5 Å². The number of halogens is 1. The van der Waals surface area contributed by atoms with Crippen molar-refractivity contribution in [1.82, 2.24) is 0 Å². The van der Waals surface area contributed by atoms with Gasteiger partial charge in [0.2, 0.25) is 0 Å². The summed E-state index contributed by atoms with van der Waals surface area (Å²) in [5, 5.41) is 14.7. The number of nitro benzene ring substituents is 1. The van der Waals surface area contributed by atoms with Crippen molar-refractivity contribution in [3.8, 4) is 11.5 Å². The number of nitrogens with one attached hydrogen (secondary N) is 1. The Balaban J connectivity index is 1.45. The molecule has 2 aliphatic rings. The van der Waals surface area contributed by atoms with Crippen molar-refractivity contribution in [3.05, 3.63) is 86.5 Å². The maximum absolute atomic E-state index is 13.6. The number of benzene rings is 3. The number of methoxy groups -OCH3 is 1. The molecule has 0 radical (unpaired) electrons. The quantitative estimate of drug-likeness (QED) is 0.287. The van der Waals surface area contributed by atoms with E-state index in [9.17, 15) is 14.9 Å². The van der Waals surface area contributed by atoms with E-state index in [1.807, 2.05) is 17.0 Å². The average Bonchev–Trinajstić information content (AvgIpc) is 3.19. The first-order chi connectivity index (χ1) is 16.9. The molecule has 5 rings (SSSR count). The van der Waals surface area contributed by atoms with Crippen LogP contribution in [0.15, 0.2) is 48.5 Å². The van der Waals surface area contributed by atoms with Crippen molar-refractivity contribution < 1.29 is 19.2 Å². The summed E-state index contributed by atoms with van der Waals surface area (Å²) >= 11 is 5.90. The van der Waals surface area contributed by atoms with E-state index in [1.165, 1.54) is 30.4 Å². The molecule has 3 aromatic carbocycles. The molecule has 0 spiro atoms. The van der Waals surface area contributed by atoms with Gasteiger partial charge in [0.1, 0.15) is 6.61 Å². The van der Waals surface area contributed by atoms with E-state index < -0.39 is 4.92 Å². The summed E-state index contributed by atoms with van der Waals surface area (Å²) < 4.78 is 11.5. The van der Waals surface area contributed by atoms with Crippen LogP contribution in [0.3, 0.4) is 0 Å². The van der Waals surface area contributed by atoms with Gasteiger partial charge in [-0.2, -0.15) is 0 Å². The van der Waals surface area contributed by atoms with Crippen LogP contribution in [-0.2, 0) is 18.9 Å². The lowest BCUT2D eigenvalue weighted by Crippen LogP contribution is -2.39. The highest BCUT2D eigenvalue weighted by atomic mass is 35.5. The molecule has 9 heteroatoms. The van der Waals surface area contributed by atoms with Crippen LogP contribution in [0, 0.1) is 17.0 Å². The van der Waals surface area contributed by atoms with Gasteiger partial charge in [-0.15, -0.1) is 11.6 Å². The smallest absolute Gasteiger partial charge is 0.270 e. The van der Waals surface area contributed by atoms with Crippen LogP contribution in [0.25, 0.3) is 0 Å². The van der Waals surface area contributed by atoms with Gasteiger partial charge in [0, 0.05) is 36.3 Å². The molecule has 8 nitrogen and oxygen atoms in total. The van der Waals surface area contributed by atoms with E-state index in [1.54, 1.807) is 18.2 Å². The summed E-state index contributed by atoms with van der Waals surface area (Å²) in [6.45, 7) is 2.75. The number of hydrogen-bond acceptors (Lipinski definition) is 6. The molecule has 0 saturated heterocycles. The van der Waals surface area contributed by atoms with Gasteiger partial charge in [-0.05, 0) is 47.7 Å². The van der Waals surface area contributed by atoms with Crippen LogP contribution >= 0.6 is 11.6 Å². The zero-order valence-electron chi connectivity index (χ0n) is 19.3. The third-order valence-electron chi connectivity index (χ3n) is 6.53. The van der Waals surface area contributed by atoms with Gasteiger partial charge in [-0.25, -0.2) is 0 Å². The molecule has 3 aromatic rings.